The minimum atomic E-state index is -0.213. The summed E-state index contributed by atoms with van der Waals surface area (Å²) in [5.41, 5.74) is 6.58. The van der Waals surface area contributed by atoms with E-state index < -0.39 is 0 Å². The molecule has 0 bridgehead atoms. The van der Waals surface area contributed by atoms with Gasteiger partial charge in [-0.15, -0.1) is 0 Å². The van der Waals surface area contributed by atoms with Crippen molar-refractivity contribution in [3.63, 3.8) is 0 Å². The van der Waals surface area contributed by atoms with Crippen LogP contribution < -0.4 is 16.0 Å². The van der Waals surface area contributed by atoms with Crippen molar-refractivity contribution in [1.29, 1.82) is 0 Å². The second-order valence-electron chi connectivity index (χ2n) is 5.34. The summed E-state index contributed by atoms with van der Waals surface area (Å²) < 4.78 is 5.03. The minimum absolute atomic E-state index is 0.0740. The highest BCUT2D eigenvalue weighted by Gasteiger charge is 2.25. The van der Waals surface area contributed by atoms with Crippen molar-refractivity contribution in [2.24, 2.45) is 11.7 Å². The number of amides is 1. The van der Waals surface area contributed by atoms with E-state index in [1.807, 2.05) is 6.07 Å². The maximum absolute atomic E-state index is 11.4. The van der Waals surface area contributed by atoms with Gasteiger partial charge >= 0.3 is 0 Å². The number of carbonyl (C=O) groups excluding carboxylic acids is 1. The fraction of sp³-hybridized carbons (Fsp3) is 0.600. The Morgan fingerprint density at radius 2 is 2.48 bits per heavy atom. The van der Waals surface area contributed by atoms with E-state index in [2.05, 4.69) is 21.3 Å². The number of rotatable bonds is 7. The summed E-state index contributed by atoms with van der Waals surface area (Å²) in [5.74, 6) is 0.666. The van der Waals surface area contributed by atoms with Crippen molar-refractivity contribution in [2.75, 3.05) is 38.3 Å². The van der Waals surface area contributed by atoms with E-state index in [-0.39, 0.29) is 11.8 Å². The fourth-order valence-corrected chi connectivity index (χ4v) is 2.65. The zero-order valence-corrected chi connectivity index (χ0v) is 12.5. The average Bonchev–Trinajstić information content (AvgIpc) is 2.52. The lowest BCUT2D eigenvalue weighted by Gasteiger charge is -2.33. The first-order valence-electron chi connectivity index (χ1n) is 7.40. The van der Waals surface area contributed by atoms with Gasteiger partial charge in [-0.05, 0) is 18.9 Å². The van der Waals surface area contributed by atoms with Gasteiger partial charge in [-0.25, -0.2) is 4.98 Å². The molecule has 1 atom stereocenters. The van der Waals surface area contributed by atoms with Crippen molar-refractivity contribution in [1.82, 2.24) is 10.3 Å². The maximum Gasteiger partial charge on any atom is 0.222 e. The highest BCUT2D eigenvalue weighted by molar-refractivity contribution is 5.77. The summed E-state index contributed by atoms with van der Waals surface area (Å²) in [6, 6.07) is 4.00. The summed E-state index contributed by atoms with van der Waals surface area (Å²) in [6.45, 7) is 3.81. The van der Waals surface area contributed by atoms with Gasteiger partial charge in [-0.3, -0.25) is 4.79 Å². The Bertz CT molecular complexity index is 467. The van der Waals surface area contributed by atoms with Crippen LogP contribution in [0, 0.1) is 5.92 Å². The minimum Gasteiger partial charge on any atom is -0.383 e. The van der Waals surface area contributed by atoms with Crippen molar-refractivity contribution in [3.8, 4) is 0 Å². The van der Waals surface area contributed by atoms with Crippen LogP contribution in [-0.4, -0.2) is 44.2 Å². The van der Waals surface area contributed by atoms with E-state index in [9.17, 15) is 4.79 Å². The molecule has 1 aliphatic rings. The molecule has 0 aliphatic carbocycles. The maximum atomic E-state index is 11.4. The number of nitrogens with two attached hydrogens (primary N) is 1. The van der Waals surface area contributed by atoms with Gasteiger partial charge in [0.1, 0.15) is 5.82 Å². The molecular weight excluding hydrogens is 268 g/mol. The highest BCUT2D eigenvalue weighted by Crippen LogP contribution is 2.24. The van der Waals surface area contributed by atoms with Crippen LogP contribution >= 0.6 is 0 Å². The van der Waals surface area contributed by atoms with Crippen LogP contribution in [-0.2, 0) is 16.1 Å². The monoisotopic (exact) mass is 292 g/mol. The Hall–Kier alpha value is -1.66. The van der Waals surface area contributed by atoms with Gasteiger partial charge in [0.05, 0.1) is 12.5 Å². The van der Waals surface area contributed by atoms with Gasteiger partial charge in [-0.2, -0.15) is 0 Å². The number of hydrogen-bond acceptors (Lipinski definition) is 5. The van der Waals surface area contributed by atoms with E-state index in [0.29, 0.717) is 13.2 Å². The summed E-state index contributed by atoms with van der Waals surface area (Å²) in [4.78, 5) is 18.1. The number of carbonyl (C=O) groups is 1. The first-order chi connectivity index (χ1) is 10.2. The Balaban J connectivity index is 2.02. The summed E-state index contributed by atoms with van der Waals surface area (Å²) >= 11 is 0. The molecule has 1 fully saturated rings. The first-order valence-corrected chi connectivity index (χ1v) is 7.40. The largest absolute Gasteiger partial charge is 0.383 e. The predicted molar refractivity (Wildman–Crippen MR) is 82.0 cm³/mol. The van der Waals surface area contributed by atoms with Crippen molar-refractivity contribution in [3.05, 3.63) is 23.9 Å². The molecule has 21 heavy (non-hydrogen) atoms. The zero-order chi connectivity index (χ0) is 15.1. The number of nitrogens with one attached hydrogen (secondary N) is 1. The third-order valence-electron chi connectivity index (χ3n) is 3.79. The van der Waals surface area contributed by atoms with Gasteiger partial charge in [0.15, 0.2) is 0 Å². The number of anilines is 1. The van der Waals surface area contributed by atoms with E-state index in [0.717, 1.165) is 43.9 Å². The van der Waals surface area contributed by atoms with Crippen LogP contribution in [0.4, 0.5) is 5.82 Å². The van der Waals surface area contributed by atoms with Gasteiger partial charge in [0, 0.05) is 45.0 Å². The summed E-state index contributed by atoms with van der Waals surface area (Å²) in [7, 11) is 1.69. The number of nitrogens with zero attached hydrogens (tertiary/aromatic N) is 2. The molecule has 1 amide bonds. The zero-order valence-electron chi connectivity index (χ0n) is 12.5. The summed E-state index contributed by atoms with van der Waals surface area (Å²) in [6.07, 6.45) is 3.64. The lowest BCUT2D eigenvalue weighted by molar-refractivity contribution is -0.122. The van der Waals surface area contributed by atoms with Crippen LogP contribution in [0.3, 0.4) is 0 Å². The van der Waals surface area contributed by atoms with Crippen molar-refractivity contribution < 1.29 is 9.53 Å². The summed E-state index contributed by atoms with van der Waals surface area (Å²) in [5, 5.41) is 3.33. The van der Waals surface area contributed by atoms with Crippen LogP contribution in [0.1, 0.15) is 18.4 Å². The van der Waals surface area contributed by atoms with Gasteiger partial charge in [0.2, 0.25) is 5.91 Å². The topological polar surface area (TPSA) is 80.5 Å². The average molecular weight is 292 g/mol. The van der Waals surface area contributed by atoms with Crippen LogP contribution in [0.25, 0.3) is 0 Å². The number of piperidine rings is 1. The molecule has 6 heteroatoms. The Labute approximate surface area is 125 Å². The Morgan fingerprint density at radius 1 is 1.62 bits per heavy atom. The highest BCUT2D eigenvalue weighted by atomic mass is 16.5. The molecule has 0 aromatic carbocycles. The number of primary amides is 1. The SMILES string of the molecule is COCCNCc1cccnc1N1CCCC(C(N)=O)C1. The predicted octanol–water partition coefficient (Wildman–Crippen LogP) is 0.519. The van der Waals surface area contributed by atoms with Gasteiger partial charge in [0.25, 0.3) is 0 Å². The lowest BCUT2D eigenvalue weighted by Crippen LogP contribution is -2.42. The molecule has 2 heterocycles. The molecule has 6 nitrogen and oxygen atoms in total. The number of hydrogen-bond donors (Lipinski definition) is 2. The number of pyridine rings is 1. The van der Waals surface area contributed by atoms with Gasteiger partial charge in [-0.1, -0.05) is 6.07 Å². The molecule has 1 aliphatic heterocycles. The molecule has 1 aromatic heterocycles. The smallest absolute Gasteiger partial charge is 0.222 e. The Morgan fingerprint density at radius 3 is 3.24 bits per heavy atom. The molecule has 0 saturated carbocycles. The number of methoxy groups -OCH3 is 1. The molecule has 3 N–H and O–H groups in total. The Kier molecular flexibility index (Phi) is 5.95. The fourth-order valence-electron chi connectivity index (χ4n) is 2.65. The van der Waals surface area contributed by atoms with E-state index in [1.54, 1.807) is 13.3 Å². The van der Waals surface area contributed by atoms with Crippen LogP contribution in [0.15, 0.2) is 18.3 Å². The molecule has 1 saturated heterocycles. The molecule has 1 aromatic rings. The van der Waals surface area contributed by atoms with Crippen LogP contribution in [0.5, 0.6) is 0 Å². The molecule has 1 unspecified atom stereocenters. The van der Waals surface area contributed by atoms with Gasteiger partial charge < -0.3 is 20.7 Å². The second-order valence-corrected chi connectivity index (χ2v) is 5.34. The molecule has 116 valence electrons. The normalized spacial score (nSPS) is 18.7. The van der Waals surface area contributed by atoms with Crippen molar-refractivity contribution in [2.45, 2.75) is 19.4 Å². The molecular formula is C15H24N4O2. The van der Waals surface area contributed by atoms with Crippen LogP contribution in [0.2, 0.25) is 0 Å². The lowest BCUT2D eigenvalue weighted by atomic mass is 9.97. The number of ether oxygens (including phenoxy) is 1. The molecule has 0 spiro atoms. The number of aromatic nitrogens is 1. The molecule has 2 rings (SSSR count). The standard InChI is InChI=1S/C15H24N4O2/c1-21-9-7-17-10-12-4-2-6-18-15(12)19-8-3-5-13(11-19)14(16)20/h2,4,6,13,17H,3,5,7-11H2,1H3,(H2,16,20). The third-order valence-corrected chi connectivity index (χ3v) is 3.79. The third kappa shape index (κ3) is 4.41. The van der Waals surface area contributed by atoms with E-state index in [1.165, 1.54) is 0 Å². The second kappa shape index (κ2) is 7.95. The first kappa shape index (κ1) is 15.7. The molecule has 0 radical (unpaired) electrons. The van der Waals surface area contributed by atoms with Crippen molar-refractivity contribution >= 4 is 11.7 Å². The quantitative estimate of drug-likeness (QED) is 0.716. The van der Waals surface area contributed by atoms with E-state index in [4.69, 9.17) is 10.5 Å². The van der Waals surface area contributed by atoms with E-state index >= 15 is 0 Å².